The minimum Gasteiger partial charge on any atom is -0.372 e. The predicted molar refractivity (Wildman–Crippen MR) is 108 cm³/mol. The molecule has 1 aromatic heterocycles. The largest absolute Gasteiger partial charge is 0.372 e. The van der Waals surface area contributed by atoms with Gasteiger partial charge >= 0.3 is 0 Å². The van der Waals surface area contributed by atoms with Gasteiger partial charge in [-0.1, -0.05) is 25.1 Å². The van der Waals surface area contributed by atoms with Gasteiger partial charge in [-0.3, -0.25) is 4.31 Å². The number of hydrogen-bond donors (Lipinski definition) is 0. The van der Waals surface area contributed by atoms with Gasteiger partial charge in [0.2, 0.25) is 0 Å². The highest BCUT2D eigenvalue weighted by Gasteiger charge is 2.31. The molecule has 146 valence electrons. The van der Waals surface area contributed by atoms with Crippen molar-refractivity contribution in [1.29, 1.82) is 0 Å². The summed E-state index contributed by atoms with van der Waals surface area (Å²) in [4.78, 5) is 6.79. The lowest BCUT2D eigenvalue weighted by molar-refractivity contribution is -0.0443. The lowest BCUT2D eigenvalue weighted by atomic mass is 10.0. The molecule has 0 spiro atoms. The molecule has 1 atom stereocenters. The summed E-state index contributed by atoms with van der Waals surface area (Å²) in [6.07, 6.45) is 2.37. The molecule has 2 aromatic rings. The summed E-state index contributed by atoms with van der Waals surface area (Å²) in [5.74, 6) is 0.777. The average Bonchev–Trinajstić information content (AvgIpc) is 2.69. The van der Waals surface area contributed by atoms with E-state index in [1.165, 1.54) is 10.5 Å². The van der Waals surface area contributed by atoms with Gasteiger partial charge in [0.05, 0.1) is 17.9 Å². The van der Waals surface area contributed by atoms with Crippen LogP contribution in [0.2, 0.25) is 0 Å². The Morgan fingerprint density at radius 3 is 2.52 bits per heavy atom. The topological polar surface area (TPSA) is 62.7 Å². The van der Waals surface area contributed by atoms with E-state index in [2.05, 4.69) is 23.7 Å². The number of ether oxygens (including phenoxy) is 1. The van der Waals surface area contributed by atoms with Crippen molar-refractivity contribution in [3.8, 4) is 0 Å². The van der Waals surface area contributed by atoms with Gasteiger partial charge in [-0.05, 0) is 44.5 Å². The van der Waals surface area contributed by atoms with Gasteiger partial charge in [0.25, 0.3) is 10.0 Å². The standard InChI is InChI=1S/C20H27N3O3S/c1-4-20(3)16-22(13-14-26-20)19-12-11-18(15-21-19)27(24,25)23(5-2)17-9-7-6-8-10-17/h6-12,15H,4-5,13-14,16H2,1-3H3. The maximum absolute atomic E-state index is 13.1. The van der Waals surface area contributed by atoms with Crippen molar-refractivity contribution in [2.45, 2.75) is 37.7 Å². The molecule has 1 aliphatic heterocycles. The van der Waals surface area contributed by atoms with E-state index in [0.717, 1.165) is 25.3 Å². The van der Waals surface area contributed by atoms with Gasteiger partial charge in [0.1, 0.15) is 10.7 Å². The number of nitrogens with zero attached hydrogens (tertiary/aromatic N) is 3. The smallest absolute Gasteiger partial charge is 0.265 e. The molecule has 1 unspecified atom stereocenters. The number of pyridine rings is 1. The summed E-state index contributed by atoms with van der Waals surface area (Å²) < 4.78 is 33.4. The number of anilines is 2. The van der Waals surface area contributed by atoms with Crippen LogP contribution in [0, 0.1) is 0 Å². The highest BCUT2D eigenvalue weighted by molar-refractivity contribution is 7.92. The first-order valence-electron chi connectivity index (χ1n) is 9.32. The number of rotatable bonds is 6. The first-order chi connectivity index (χ1) is 12.9. The lowest BCUT2D eigenvalue weighted by Crippen LogP contribution is -2.50. The van der Waals surface area contributed by atoms with Gasteiger partial charge < -0.3 is 9.64 Å². The molecule has 6 nitrogen and oxygen atoms in total. The maximum atomic E-state index is 13.1. The molecule has 7 heteroatoms. The molecule has 0 saturated carbocycles. The number of aromatic nitrogens is 1. The average molecular weight is 390 g/mol. The van der Waals surface area contributed by atoms with Crippen LogP contribution in [-0.4, -0.2) is 45.2 Å². The summed E-state index contributed by atoms with van der Waals surface area (Å²) in [6, 6.07) is 12.5. The van der Waals surface area contributed by atoms with E-state index >= 15 is 0 Å². The highest BCUT2D eigenvalue weighted by atomic mass is 32.2. The molecule has 1 aromatic carbocycles. The summed E-state index contributed by atoms with van der Waals surface area (Å²) in [6.45, 7) is 8.52. The van der Waals surface area contributed by atoms with Crippen LogP contribution in [0.3, 0.4) is 0 Å². The zero-order valence-electron chi connectivity index (χ0n) is 16.1. The second-order valence-electron chi connectivity index (χ2n) is 6.93. The Kier molecular flexibility index (Phi) is 5.72. The van der Waals surface area contributed by atoms with E-state index in [-0.39, 0.29) is 10.5 Å². The van der Waals surface area contributed by atoms with E-state index in [1.54, 1.807) is 24.3 Å². The number of morpholine rings is 1. The lowest BCUT2D eigenvalue weighted by Gasteiger charge is -2.40. The van der Waals surface area contributed by atoms with E-state index in [0.29, 0.717) is 18.8 Å². The van der Waals surface area contributed by atoms with Crippen molar-refractivity contribution in [3.63, 3.8) is 0 Å². The van der Waals surface area contributed by atoms with Gasteiger partial charge in [0, 0.05) is 25.8 Å². The van der Waals surface area contributed by atoms with Crippen LogP contribution in [0.25, 0.3) is 0 Å². The zero-order valence-corrected chi connectivity index (χ0v) is 16.9. The molecule has 27 heavy (non-hydrogen) atoms. The van der Waals surface area contributed by atoms with Crippen molar-refractivity contribution in [2.75, 3.05) is 35.4 Å². The molecular weight excluding hydrogens is 362 g/mol. The summed E-state index contributed by atoms with van der Waals surface area (Å²) in [5, 5.41) is 0. The summed E-state index contributed by atoms with van der Waals surface area (Å²) in [5.41, 5.74) is 0.452. The Morgan fingerprint density at radius 1 is 1.19 bits per heavy atom. The normalized spacial score (nSPS) is 20.5. The Bertz CT molecular complexity index is 856. The van der Waals surface area contributed by atoms with Crippen LogP contribution in [0.15, 0.2) is 53.6 Å². The third kappa shape index (κ3) is 4.09. The van der Waals surface area contributed by atoms with Gasteiger partial charge in [-0.15, -0.1) is 0 Å². The first-order valence-corrected chi connectivity index (χ1v) is 10.8. The monoisotopic (exact) mass is 389 g/mol. The molecule has 0 bridgehead atoms. The zero-order chi connectivity index (χ0) is 19.5. The van der Waals surface area contributed by atoms with Crippen LogP contribution in [0.5, 0.6) is 0 Å². The van der Waals surface area contributed by atoms with E-state index in [9.17, 15) is 8.42 Å². The molecule has 1 fully saturated rings. The van der Waals surface area contributed by atoms with Gasteiger partial charge in [-0.25, -0.2) is 13.4 Å². The van der Waals surface area contributed by atoms with Crippen molar-refractivity contribution >= 4 is 21.5 Å². The third-order valence-corrected chi connectivity index (χ3v) is 6.94. The molecule has 0 aliphatic carbocycles. The third-order valence-electron chi connectivity index (χ3n) is 5.05. The molecule has 0 N–H and O–H groups in total. The molecule has 1 saturated heterocycles. The van der Waals surface area contributed by atoms with E-state index in [1.807, 2.05) is 25.1 Å². The van der Waals surface area contributed by atoms with Crippen molar-refractivity contribution in [3.05, 3.63) is 48.7 Å². The number of sulfonamides is 1. The fourth-order valence-electron chi connectivity index (χ4n) is 3.27. The van der Waals surface area contributed by atoms with Crippen LogP contribution in [0.4, 0.5) is 11.5 Å². The van der Waals surface area contributed by atoms with Crippen LogP contribution >= 0.6 is 0 Å². The maximum Gasteiger partial charge on any atom is 0.265 e. The second kappa shape index (κ2) is 7.86. The fraction of sp³-hybridized carbons (Fsp3) is 0.450. The number of benzene rings is 1. The Labute approximate surface area is 161 Å². The summed E-state index contributed by atoms with van der Waals surface area (Å²) in [7, 11) is -3.65. The molecule has 0 radical (unpaired) electrons. The van der Waals surface area contributed by atoms with Crippen LogP contribution in [0.1, 0.15) is 27.2 Å². The minimum absolute atomic E-state index is 0.197. The minimum atomic E-state index is -3.65. The van der Waals surface area contributed by atoms with Crippen LogP contribution < -0.4 is 9.21 Å². The predicted octanol–water partition coefficient (Wildman–Crippen LogP) is 3.30. The number of para-hydroxylation sites is 1. The first kappa shape index (κ1) is 19.6. The molecule has 1 aliphatic rings. The fourth-order valence-corrected chi connectivity index (χ4v) is 4.68. The van der Waals surface area contributed by atoms with Gasteiger partial charge in [0.15, 0.2) is 0 Å². The van der Waals surface area contributed by atoms with Crippen molar-refractivity contribution in [2.24, 2.45) is 0 Å². The molecule has 2 heterocycles. The Balaban J connectivity index is 1.84. The van der Waals surface area contributed by atoms with Crippen LogP contribution in [-0.2, 0) is 14.8 Å². The van der Waals surface area contributed by atoms with Crippen molar-refractivity contribution in [1.82, 2.24) is 4.98 Å². The van der Waals surface area contributed by atoms with Crippen molar-refractivity contribution < 1.29 is 13.2 Å². The highest BCUT2D eigenvalue weighted by Crippen LogP contribution is 2.27. The quantitative estimate of drug-likeness (QED) is 0.759. The van der Waals surface area contributed by atoms with Gasteiger partial charge in [-0.2, -0.15) is 0 Å². The molecule has 0 amide bonds. The SMILES string of the molecule is CCN(c1ccccc1)S(=O)(=O)c1ccc(N2CCOC(C)(CC)C2)nc1. The number of hydrogen-bond acceptors (Lipinski definition) is 5. The Hall–Kier alpha value is -2.12. The van der Waals surface area contributed by atoms with E-state index in [4.69, 9.17) is 4.74 Å². The van der Waals surface area contributed by atoms with E-state index < -0.39 is 10.0 Å². The second-order valence-corrected chi connectivity index (χ2v) is 8.79. The Morgan fingerprint density at radius 2 is 1.93 bits per heavy atom. The molecular formula is C20H27N3O3S. The molecule has 3 rings (SSSR count). The summed E-state index contributed by atoms with van der Waals surface area (Å²) >= 11 is 0.